The van der Waals surface area contributed by atoms with E-state index in [1.807, 2.05) is 12.1 Å². The van der Waals surface area contributed by atoms with E-state index in [1.165, 1.54) is 23.3 Å². The fraction of sp³-hybridized carbons (Fsp3) is 0.464. The Bertz CT molecular complexity index is 1100. The lowest BCUT2D eigenvalue weighted by molar-refractivity contribution is -0.143. The zero-order valence-corrected chi connectivity index (χ0v) is 19.9. The highest BCUT2D eigenvalue weighted by Crippen LogP contribution is 2.32. The Morgan fingerprint density at radius 1 is 0.943 bits per heavy atom. The number of hydrogen-bond acceptors (Lipinski definition) is 3. The second kappa shape index (κ2) is 10.2. The number of carbonyl (C=O) groups excluding carboxylic acids is 3. The van der Waals surface area contributed by atoms with Crippen molar-refractivity contribution < 1.29 is 18.8 Å². The van der Waals surface area contributed by atoms with Crippen molar-refractivity contribution >= 4 is 17.7 Å². The van der Waals surface area contributed by atoms with Gasteiger partial charge in [-0.25, -0.2) is 4.39 Å². The minimum Gasteiger partial charge on any atom is -0.347 e. The van der Waals surface area contributed by atoms with Crippen molar-refractivity contribution in [2.24, 2.45) is 0 Å². The molecule has 0 bridgehead atoms. The number of aryl methyl sites for hydroxylation is 1. The monoisotopic (exact) mass is 477 g/mol. The van der Waals surface area contributed by atoms with Gasteiger partial charge in [-0.15, -0.1) is 0 Å². The summed E-state index contributed by atoms with van der Waals surface area (Å²) in [6, 6.07) is 13.7. The topological polar surface area (TPSA) is 69.7 Å². The van der Waals surface area contributed by atoms with Gasteiger partial charge < -0.3 is 15.1 Å². The molecule has 6 nitrogen and oxygen atoms in total. The Morgan fingerprint density at radius 3 is 2.57 bits per heavy atom. The zero-order valence-electron chi connectivity index (χ0n) is 19.9. The van der Waals surface area contributed by atoms with Gasteiger partial charge >= 0.3 is 0 Å². The van der Waals surface area contributed by atoms with Crippen molar-refractivity contribution in [1.29, 1.82) is 0 Å². The van der Waals surface area contributed by atoms with Crippen LogP contribution in [0.3, 0.4) is 0 Å². The fourth-order valence-corrected chi connectivity index (χ4v) is 5.89. The summed E-state index contributed by atoms with van der Waals surface area (Å²) in [6.07, 6.45) is 5.48. The van der Waals surface area contributed by atoms with Crippen LogP contribution in [0.4, 0.5) is 4.39 Å². The highest BCUT2D eigenvalue weighted by Gasteiger charge is 2.42. The number of carbonyl (C=O) groups is 3. The summed E-state index contributed by atoms with van der Waals surface area (Å²) in [5, 5.41) is 3.24. The number of rotatable bonds is 4. The molecule has 3 amide bonds. The lowest BCUT2D eigenvalue weighted by atomic mass is 9.87. The molecule has 3 atom stereocenters. The van der Waals surface area contributed by atoms with Gasteiger partial charge in [-0.3, -0.25) is 14.4 Å². The highest BCUT2D eigenvalue weighted by atomic mass is 19.1. The number of benzene rings is 2. The molecule has 2 saturated heterocycles. The first-order chi connectivity index (χ1) is 17.0. The summed E-state index contributed by atoms with van der Waals surface area (Å²) in [7, 11) is 0. The molecule has 7 heteroatoms. The molecule has 0 saturated carbocycles. The van der Waals surface area contributed by atoms with Crippen LogP contribution in [0.2, 0.25) is 0 Å². The number of nitrogens with one attached hydrogen (secondary N) is 1. The van der Waals surface area contributed by atoms with Crippen molar-refractivity contribution in [3.8, 4) is 0 Å². The molecule has 2 aliphatic heterocycles. The molecule has 1 N–H and O–H groups in total. The van der Waals surface area contributed by atoms with Crippen LogP contribution in [-0.4, -0.2) is 52.7 Å². The number of halogens is 1. The largest absolute Gasteiger partial charge is 0.347 e. The van der Waals surface area contributed by atoms with Crippen LogP contribution in [-0.2, 0) is 27.2 Å². The third kappa shape index (κ3) is 5.09. The van der Waals surface area contributed by atoms with Gasteiger partial charge in [-0.2, -0.15) is 0 Å². The van der Waals surface area contributed by atoms with E-state index >= 15 is 0 Å². The van der Waals surface area contributed by atoms with Crippen molar-refractivity contribution in [3.05, 3.63) is 71.0 Å². The molecule has 2 heterocycles. The number of amides is 3. The maximum Gasteiger partial charge on any atom is 0.243 e. The summed E-state index contributed by atoms with van der Waals surface area (Å²) >= 11 is 0. The molecule has 2 aromatic rings. The average molecular weight is 478 g/mol. The minimum absolute atomic E-state index is 0.00377. The van der Waals surface area contributed by atoms with E-state index in [4.69, 9.17) is 0 Å². The van der Waals surface area contributed by atoms with Crippen LogP contribution in [0.5, 0.6) is 0 Å². The SMILES string of the molecule is O=C(NC1CCCc2ccccc21)[C@@H]1CC[C@@H]2CCN(C(=O)Cc3ccc(F)cc3)CCC(=O)N21. The van der Waals surface area contributed by atoms with Crippen LogP contribution in [0.25, 0.3) is 0 Å². The molecule has 0 radical (unpaired) electrons. The molecule has 2 fully saturated rings. The highest BCUT2D eigenvalue weighted by molar-refractivity contribution is 5.89. The van der Waals surface area contributed by atoms with Gasteiger partial charge in [-0.1, -0.05) is 36.4 Å². The normalized spacial score (nSPS) is 24.3. The predicted octanol–water partition coefficient (Wildman–Crippen LogP) is 3.54. The van der Waals surface area contributed by atoms with E-state index < -0.39 is 6.04 Å². The molecule has 1 aliphatic carbocycles. The van der Waals surface area contributed by atoms with Crippen LogP contribution in [0.15, 0.2) is 48.5 Å². The lowest BCUT2D eigenvalue weighted by Crippen LogP contribution is -2.52. The number of hydrogen-bond donors (Lipinski definition) is 1. The van der Waals surface area contributed by atoms with E-state index in [0.717, 1.165) is 31.2 Å². The molecule has 3 aliphatic rings. The molecule has 5 rings (SSSR count). The summed E-state index contributed by atoms with van der Waals surface area (Å²) in [4.78, 5) is 42.9. The fourth-order valence-electron chi connectivity index (χ4n) is 5.89. The zero-order chi connectivity index (χ0) is 24.4. The molecule has 0 aromatic heterocycles. The molecule has 1 unspecified atom stereocenters. The minimum atomic E-state index is -0.442. The van der Waals surface area contributed by atoms with Gasteiger partial charge in [0.1, 0.15) is 11.9 Å². The van der Waals surface area contributed by atoms with Crippen molar-refractivity contribution in [1.82, 2.24) is 15.1 Å². The molecular formula is C28H32FN3O3. The Labute approximate surface area is 205 Å². The number of nitrogens with zero attached hydrogens (tertiary/aromatic N) is 2. The summed E-state index contributed by atoms with van der Waals surface area (Å²) in [5.41, 5.74) is 3.24. The van der Waals surface area contributed by atoms with E-state index in [0.29, 0.717) is 25.9 Å². The third-order valence-electron chi connectivity index (χ3n) is 7.73. The molecular weight excluding hydrogens is 445 g/mol. The van der Waals surface area contributed by atoms with Crippen LogP contribution >= 0.6 is 0 Å². The van der Waals surface area contributed by atoms with Crippen molar-refractivity contribution in [2.75, 3.05) is 13.1 Å². The standard InChI is InChI=1S/C28H32FN3O3/c29-21-10-8-19(9-11-21)18-27(34)31-16-14-22-12-13-25(32(22)26(33)15-17-31)28(35)30-24-7-3-5-20-4-1-2-6-23(20)24/h1-2,4,6,8-11,22,24-25H,3,5,7,12-18H2,(H,30,35)/t22-,24?,25+/m1/s1. The molecule has 184 valence electrons. The maximum absolute atomic E-state index is 13.3. The second-order valence-electron chi connectivity index (χ2n) is 9.92. The molecule has 2 aromatic carbocycles. The summed E-state index contributed by atoms with van der Waals surface area (Å²) in [5.74, 6) is -0.505. The Balaban J connectivity index is 1.21. The van der Waals surface area contributed by atoms with Gasteiger partial charge in [0.2, 0.25) is 17.7 Å². The van der Waals surface area contributed by atoms with Crippen LogP contribution in [0, 0.1) is 5.82 Å². The molecule has 0 spiro atoms. The Morgan fingerprint density at radius 2 is 1.74 bits per heavy atom. The van der Waals surface area contributed by atoms with Gasteiger partial charge in [-0.05, 0) is 67.3 Å². The smallest absolute Gasteiger partial charge is 0.243 e. The van der Waals surface area contributed by atoms with Crippen LogP contribution in [0.1, 0.15) is 61.3 Å². The first kappa shape index (κ1) is 23.5. The summed E-state index contributed by atoms with van der Waals surface area (Å²) in [6.45, 7) is 0.894. The van der Waals surface area contributed by atoms with Crippen molar-refractivity contribution in [3.63, 3.8) is 0 Å². The third-order valence-corrected chi connectivity index (χ3v) is 7.73. The Kier molecular flexibility index (Phi) is 6.84. The maximum atomic E-state index is 13.3. The first-order valence-corrected chi connectivity index (χ1v) is 12.7. The van der Waals surface area contributed by atoms with Crippen molar-refractivity contribution in [2.45, 2.75) is 69.5 Å². The second-order valence-corrected chi connectivity index (χ2v) is 9.92. The van der Waals surface area contributed by atoms with E-state index in [1.54, 1.807) is 21.9 Å². The van der Waals surface area contributed by atoms with Crippen LogP contribution < -0.4 is 5.32 Å². The van der Waals surface area contributed by atoms with Gasteiger partial charge in [0.05, 0.1) is 12.5 Å². The number of fused-ring (bicyclic) bond motifs is 2. The molecule has 35 heavy (non-hydrogen) atoms. The quantitative estimate of drug-likeness (QED) is 0.732. The summed E-state index contributed by atoms with van der Waals surface area (Å²) < 4.78 is 13.2. The average Bonchev–Trinajstić information content (AvgIpc) is 3.28. The van der Waals surface area contributed by atoms with E-state index in [-0.39, 0.29) is 48.5 Å². The van der Waals surface area contributed by atoms with Gasteiger partial charge in [0.15, 0.2) is 0 Å². The first-order valence-electron chi connectivity index (χ1n) is 12.7. The van der Waals surface area contributed by atoms with Gasteiger partial charge in [0.25, 0.3) is 0 Å². The van der Waals surface area contributed by atoms with Gasteiger partial charge in [0, 0.05) is 25.6 Å². The Hall–Kier alpha value is -3.22. The van der Waals surface area contributed by atoms with E-state index in [2.05, 4.69) is 17.4 Å². The lowest BCUT2D eigenvalue weighted by Gasteiger charge is -2.36. The van der Waals surface area contributed by atoms with E-state index in [9.17, 15) is 18.8 Å². The predicted molar refractivity (Wildman–Crippen MR) is 130 cm³/mol.